The Labute approximate surface area is 150 Å². The highest BCUT2D eigenvalue weighted by Crippen LogP contribution is 2.24. The van der Waals surface area contributed by atoms with E-state index < -0.39 is 0 Å². The van der Waals surface area contributed by atoms with E-state index in [-0.39, 0.29) is 5.75 Å². The van der Waals surface area contributed by atoms with E-state index in [2.05, 4.69) is 27.4 Å². The average Bonchev–Trinajstić information content (AvgIpc) is 3.23. The summed E-state index contributed by atoms with van der Waals surface area (Å²) < 4.78 is 7.40. The van der Waals surface area contributed by atoms with Gasteiger partial charge in [0.05, 0.1) is 12.2 Å². The number of phenolic OH excluding ortho intramolecular Hbond substituents is 1. The minimum atomic E-state index is 0.203. The van der Waals surface area contributed by atoms with E-state index in [0.717, 1.165) is 28.1 Å². The molecule has 2 heterocycles. The first kappa shape index (κ1) is 16.1. The first-order valence-electron chi connectivity index (χ1n) is 8.32. The fourth-order valence-corrected chi connectivity index (χ4v) is 2.88. The maximum atomic E-state index is 9.39. The van der Waals surface area contributed by atoms with Crippen molar-refractivity contribution < 1.29 is 9.63 Å². The molecule has 0 bridgehead atoms. The largest absolute Gasteiger partial charge is 0.508 e. The minimum Gasteiger partial charge on any atom is -0.508 e. The van der Waals surface area contributed by atoms with Gasteiger partial charge < -0.3 is 9.63 Å². The summed E-state index contributed by atoms with van der Waals surface area (Å²) in [6.45, 7) is 4.72. The normalized spacial score (nSPS) is 11.0. The van der Waals surface area contributed by atoms with Crippen molar-refractivity contribution in [3.63, 3.8) is 0 Å². The average molecular weight is 346 g/mol. The fraction of sp³-hybridized carbons (Fsp3) is 0.150. The molecule has 4 aromatic rings. The highest BCUT2D eigenvalue weighted by Gasteiger charge is 2.11. The van der Waals surface area contributed by atoms with Gasteiger partial charge in [-0.2, -0.15) is 10.1 Å². The Bertz CT molecular complexity index is 1050. The summed E-state index contributed by atoms with van der Waals surface area (Å²) >= 11 is 0. The third-order valence-corrected chi connectivity index (χ3v) is 4.16. The number of nitrogens with zero attached hydrogens (tertiary/aromatic N) is 4. The predicted molar refractivity (Wildman–Crippen MR) is 97.6 cm³/mol. The van der Waals surface area contributed by atoms with Crippen LogP contribution < -0.4 is 0 Å². The molecule has 2 aromatic heterocycles. The number of rotatable bonds is 4. The molecule has 0 aliphatic rings. The Kier molecular flexibility index (Phi) is 4.01. The number of aromatic nitrogens is 4. The lowest BCUT2D eigenvalue weighted by molar-refractivity contribution is 0.432. The van der Waals surface area contributed by atoms with Crippen LogP contribution >= 0.6 is 0 Å². The van der Waals surface area contributed by atoms with Gasteiger partial charge >= 0.3 is 0 Å². The van der Waals surface area contributed by atoms with E-state index in [1.165, 1.54) is 0 Å². The van der Waals surface area contributed by atoms with Crippen LogP contribution in [0.25, 0.3) is 22.8 Å². The van der Waals surface area contributed by atoms with Crippen LogP contribution in [0.4, 0.5) is 0 Å². The third-order valence-electron chi connectivity index (χ3n) is 4.16. The van der Waals surface area contributed by atoms with Crippen molar-refractivity contribution in [3.05, 3.63) is 71.5 Å². The molecule has 0 atom stereocenters. The van der Waals surface area contributed by atoms with Crippen molar-refractivity contribution in [2.45, 2.75) is 20.4 Å². The number of benzene rings is 2. The van der Waals surface area contributed by atoms with E-state index in [4.69, 9.17) is 4.52 Å². The van der Waals surface area contributed by atoms with Gasteiger partial charge in [0.2, 0.25) is 5.82 Å². The number of hydrogen-bond acceptors (Lipinski definition) is 5. The van der Waals surface area contributed by atoms with Crippen molar-refractivity contribution in [3.8, 4) is 28.6 Å². The van der Waals surface area contributed by atoms with Gasteiger partial charge in [-0.3, -0.25) is 4.68 Å². The topological polar surface area (TPSA) is 77.0 Å². The van der Waals surface area contributed by atoms with Crippen molar-refractivity contribution >= 4 is 0 Å². The summed E-state index contributed by atoms with van der Waals surface area (Å²) in [5.41, 5.74) is 4.89. The molecule has 26 heavy (non-hydrogen) atoms. The molecule has 0 aliphatic carbocycles. The van der Waals surface area contributed by atoms with E-state index in [0.29, 0.717) is 18.3 Å². The molecule has 0 saturated carbocycles. The van der Waals surface area contributed by atoms with Crippen LogP contribution in [0.1, 0.15) is 17.0 Å². The highest BCUT2D eigenvalue weighted by atomic mass is 16.5. The Balaban J connectivity index is 1.60. The molecule has 0 radical (unpaired) electrons. The number of aromatic hydroxyl groups is 1. The number of hydrogen-bond donors (Lipinski definition) is 1. The summed E-state index contributed by atoms with van der Waals surface area (Å²) in [6, 6.07) is 16.8. The summed E-state index contributed by atoms with van der Waals surface area (Å²) in [7, 11) is 0. The molecule has 0 unspecified atom stereocenters. The molecule has 0 spiro atoms. The summed E-state index contributed by atoms with van der Waals surface area (Å²) in [6.07, 6.45) is 0. The van der Waals surface area contributed by atoms with E-state index in [1.807, 2.05) is 36.7 Å². The maximum absolute atomic E-state index is 9.39. The van der Waals surface area contributed by atoms with Crippen LogP contribution in [-0.4, -0.2) is 25.0 Å². The zero-order chi connectivity index (χ0) is 18.1. The summed E-state index contributed by atoms with van der Waals surface area (Å²) in [5, 5.41) is 17.9. The van der Waals surface area contributed by atoms with Gasteiger partial charge in [-0.05, 0) is 61.9 Å². The van der Waals surface area contributed by atoms with Gasteiger partial charge in [-0.25, -0.2) is 0 Å². The van der Waals surface area contributed by atoms with Gasteiger partial charge in [0.15, 0.2) is 0 Å². The lowest BCUT2D eigenvalue weighted by atomic mass is 10.1. The monoisotopic (exact) mass is 346 g/mol. The Hall–Kier alpha value is -3.41. The molecule has 0 amide bonds. The Morgan fingerprint density at radius 1 is 1.00 bits per heavy atom. The van der Waals surface area contributed by atoms with Crippen LogP contribution in [0, 0.1) is 13.8 Å². The second-order valence-electron chi connectivity index (χ2n) is 6.26. The first-order chi connectivity index (χ1) is 12.6. The molecule has 2 aromatic carbocycles. The maximum Gasteiger partial charge on any atom is 0.258 e. The smallest absolute Gasteiger partial charge is 0.258 e. The van der Waals surface area contributed by atoms with Gasteiger partial charge in [0.25, 0.3) is 5.89 Å². The molecule has 4 rings (SSSR count). The predicted octanol–water partition coefficient (Wildman–Crippen LogP) is 3.97. The van der Waals surface area contributed by atoms with Gasteiger partial charge in [-0.15, -0.1) is 0 Å². The van der Waals surface area contributed by atoms with E-state index in [1.54, 1.807) is 24.3 Å². The molecule has 0 aliphatic heterocycles. The molecular formula is C20H18N4O2. The molecule has 0 saturated heterocycles. The minimum absolute atomic E-state index is 0.203. The number of aryl methyl sites for hydroxylation is 2. The van der Waals surface area contributed by atoms with Crippen LogP contribution in [0.5, 0.6) is 5.75 Å². The fourth-order valence-electron chi connectivity index (χ4n) is 2.88. The van der Waals surface area contributed by atoms with Crippen LogP contribution in [-0.2, 0) is 6.54 Å². The van der Waals surface area contributed by atoms with E-state index in [9.17, 15) is 5.11 Å². The van der Waals surface area contributed by atoms with Crippen LogP contribution in [0.3, 0.4) is 0 Å². The molecular weight excluding hydrogens is 328 g/mol. The van der Waals surface area contributed by atoms with Gasteiger partial charge in [0, 0.05) is 16.8 Å². The van der Waals surface area contributed by atoms with Gasteiger partial charge in [-0.1, -0.05) is 17.3 Å². The zero-order valence-electron chi connectivity index (χ0n) is 14.5. The molecule has 6 heteroatoms. The van der Waals surface area contributed by atoms with Crippen molar-refractivity contribution in [1.29, 1.82) is 0 Å². The Morgan fingerprint density at radius 2 is 1.81 bits per heavy atom. The van der Waals surface area contributed by atoms with Crippen LogP contribution in [0.15, 0.2) is 59.1 Å². The van der Waals surface area contributed by atoms with Crippen LogP contribution in [0.2, 0.25) is 0 Å². The summed E-state index contributed by atoms with van der Waals surface area (Å²) in [4.78, 5) is 4.47. The Morgan fingerprint density at radius 3 is 2.54 bits per heavy atom. The lowest BCUT2D eigenvalue weighted by Crippen LogP contribution is -2.03. The molecule has 0 fully saturated rings. The van der Waals surface area contributed by atoms with Crippen molar-refractivity contribution in [2.24, 2.45) is 0 Å². The molecule has 1 N–H and O–H groups in total. The third kappa shape index (κ3) is 3.21. The second-order valence-corrected chi connectivity index (χ2v) is 6.26. The first-order valence-corrected chi connectivity index (χ1v) is 8.32. The lowest BCUT2D eigenvalue weighted by Gasteiger charge is -2.05. The quantitative estimate of drug-likeness (QED) is 0.605. The van der Waals surface area contributed by atoms with E-state index >= 15 is 0 Å². The summed E-state index contributed by atoms with van der Waals surface area (Å²) in [5.74, 6) is 1.15. The molecule has 6 nitrogen and oxygen atoms in total. The zero-order valence-corrected chi connectivity index (χ0v) is 14.5. The SMILES string of the molecule is Cc1cc(C)n(Cc2cccc(-c3nc(-c4ccc(O)cc4)no3)c2)n1. The van der Waals surface area contributed by atoms with Crippen molar-refractivity contribution in [2.75, 3.05) is 0 Å². The number of phenols is 1. The highest BCUT2D eigenvalue weighted by molar-refractivity contribution is 5.60. The van der Waals surface area contributed by atoms with Gasteiger partial charge in [0.1, 0.15) is 5.75 Å². The second kappa shape index (κ2) is 6.48. The van der Waals surface area contributed by atoms with Crippen molar-refractivity contribution in [1.82, 2.24) is 19.9 Å². The standard InChI is InChI=1S/C20H18N4O2/c1-13-10-14(2)24(22-13)12-15-4-3-5-17(11-15)20-21-19(23-26-20)16-6-8-18(25)9-7-16/h3-11,25H,12H2,1-2H3. The molecule has 130 valence electrons.